The van der Waals surface area contributed by atoms with Gasteiger partial charge in [0.2, 0.25) is 0 Å². The van der Waals surface area contributed by atoms with Gasteiger partial charge in [-0.1, -0.05) is 20.3 Å². The van der Waals surface area contributed by atoms with E-state index in [2.05, 4.69) is 31.2 Å². The zero-order chi connectivity index (χ0) is 17.4. The molecule has 130 valence electrons. The Labute approximate surface area is 139 Å². The van der Waals surface area contributed by atoms with Gasteiger partial charge in [-0.05, 0) is 52.5 Å². The SMILES string of the molecule is CCC(C)C(C)(O)CNC(=O)c1cc(C2CC2)n(C(C)(C)C)n1. The number of nitrogens with zero attached hydrogens (tertiary/aromatic N) is 2. The van der Waals surface area contributed by atoms with Gasteiger partial charge in [-0.2, -0.15) is 5.10 Å². The van der Waals surface area contributed by atoms with Crippen molar-refractivity contribution in [2.24, 2.45) is 5.92 Å². The third kappa shape index (κ3) is 4.14. The number of amides is 1. The Morgan fingerprint density at radius 1 is 1.43 bits per heavy atom. The molecule has 0 aliphatic heterocycles. The lowest BCUT2D eigenvalue weighted by Crippen LogP contribution is -2.45. The summed E-state index contributed by atoms with van der Waals surface area (Å²) in [6, 6.07) is 1.91. The number of carbonyl (C=O) groups excluding carboxylic acids is 1. The monoisotopic (exact) mass is 321 g/mol. The average molecular weight is 321 g/mol. The number of rotatable bonds is 6. The Hall–Kier alpha value is -1.36. The van der Waals surface area contributed by atoms with E-state index in [1.54, 1.807) is 6.92 Å². The van der Waals surface area contributed by atoms with E-state index in [4.69, 9.17) is 0 Å². The standard InChI is InChI=1S/C18H31N3O2/c1-7-12(2)18(6,23)11-19-16(22)14-10-15(13-8-9-13)21(20-14)17(3,4)5/h10,12-13,23H,7-9,11H2,1-6H3,(H,19,22). The highest BCUT2D eigenvalue weighted by Crippen LogP contribution is 2.41. The van der Waals surface area contributed by atoms with Crippen molar-refractivity contribution in [2.75, 3.05) is 6.54 Å². The first-order valence-corrected chi connectivity index (χ1v) is 8.67. The fourth-order valence-electron chi connectivity index (χ4n) is 2.68. The summed E-state index contributed by atoms with van der Waals surface area (Å²) in [4.78, 5) is 12.4. The first-order valence-electron chi connectivity index (χ1n) is 8.67. The van der Waals surface area contributed by atoms with Gasteiger partial charge in [0, 0.05) is 18.2 Å². The predicted octanol–water partition coefficient (Wildman–Crippen LogP) is 3.04. The quantitative estimate of drug-likeness (QED) is 0.846. The third-order valence-corrected chi connectivity index (χ3v) is 4.88. The smallest absolute Gasteiger partial charge is 0.271 e. The molecule has 5 heteroatoms. The van der Waals surface area contributed by atoms with Gasteiger partial charge in [0.15, 0.2) is 0 Å². The van der Waals surface area contributed by atoms with Crippen molar-refractivity contribution in [3.63, 3.8) is 0 Å². The molecule has 1 saturated carbocycles. The summed E-state index contributed by atoms with van der Waals surface area (Å²) in [7, 11) is 0. The Kier molecular flexibility index (Phi) is 4.90. The summed E-state index contributed by atoms with van der Waals surface area (Å²) in [5, 5.41) is 17.8. The Balaban J connectivity index is 2.11. The summed E-state index contributed by atoms with van der Waals surface area (Å²) in [6.07, 6.45) is 3.21. The lowest BCUT2D eigenvalue weighted by Gasteiger charge is -2.29. The molecule has 0 aromatic carbocycles. The molecule has 23 heavy (non-hydrogen) atoms. The average Bonchev–Trinajstić information content (AvgIpc) is 3.20. The molecule has 1 aliphatic carbocycles. The van der Waals surface area contributed by atoms with Crippen molar-refractivity contribution in [3.8, 4) is 0 Å². The first-order chi connectivity index (χ1) is 10.6. The number of hydrogen-bond acceptors (Lipinski definition) is 3. The second-order valence-electron chi connectivity index (χ2n) is 8.16. The minimum Gasteiger partial charge on any atom is -0.388 e. The van der Waals surface area contributed by atoms with Crippen LogP contribution in [0.4, 0.5) is 0 Å². The molecule has 1 aliphatic rings. The maximum Gasteiger partial charge on any atom is 0.271 e. The number of carbonyl (C=O) groups is 1. The molecular weight excluding hydrogens is 290 g/mol. The van der Waals surface area contributed by atoms with Crippen LogP contribution in [-0.2, 0) is 5.54 Å². The maximum absolute atomic E-state index is 12.4. The molecule has 0 bridgehead atoms. The zero-order valence-corrected chi connectivity index (χ0v) is 15.3. The highest BCUT2D eigenvalue weighted by molar-refractivity contribution is 5.92. The van der Waals surface area contributed by atoms with Gasteiger partial charge >= 0.3 is 0 Å². The van der Waals surface area contributed by atoms with E-state index in [9.17, 15) is 9.90 Å². The normalized spacial score (nSPS) is 19.3. The molecule has 2 rings (SSSR count). The lowest BCUT2D eigenvalue weighted by atomic mass is 9.88. The molecule has 2 N–H and O–H groups in total. The van der Waals surface area contributed by atoms with Crippen LogP contribution >= 0.6 is 0 Å². The third-order valence-electron chi connectivity index (χ3n) is 4.88. The molecule has 1 heterocycles. The lowest BCUT2D eigenvalue weighted by molar-refractivity contribution is 0.00586. The molecule has 1 aromatic rings. The van der Waals surface area contributed by atoms with Crippen LogP contribution in [0.5, 0.6) is 0 Å². The molecule has 5 nitrogen and oxygen atoms in total. The molecule has 1 fully saturated rings. The highest BCUT2D eigenvalue weighted by atomic mass is 16.3. The molecule has 1 aromatic heterocycles. The van der Waals surface area contributed by atoms with Crippen LogP contribution < -0.4 is 5.32 Å². The summed E-state index contributed by atoms with van der Waals surface area (Å²) < 4.78 is 1.98. The van der Waals surface area contributed by atoms with Gasteiger partial charge in [-0.25, -0.2) is 0 Å². The minimum absolute atomic E-state index is 0.122. The summed E-state index contributed by atoms with van der Waals surface area (Å²) >= 11 is 0. The molecule has 0 radical (unpaired) electrons. The van der Waals surface area contributed by atoms with E-state index in [1.165, 1.54) is 12.8 Å². The second kappa shape index (κ2) is 6.27. The largest absolute Gasteiger partial charge is 0.388 e. The van der Waals surface area contributed by atoms with Crippen LogP contribution in [0.1, 0.15) is 82.9 Å². The first kappa shape index (κ1) is 18.0. The summed E-state index contributed by atoms with van der Waals surface area (Å²) in [5.74, 6) is 0.446. The predicted molar refractivity (Wildman–Crippen MR) is 91.6 cm³/mol. The minimum atomic E-state index is -0.906. The van der Waals surface area contributed by atoms with Gasteiger partial charge in [-0.15, -0.1) is 0 Å². The molecule has 0 spiro atoms. The fourth-order valence-corrected chi connectivity index (χ4v) is 2.68. The van der Waals surface area contributed by atoms with Crippen molar-refractivity contribution in [1.29, 1.82) is 0 Å². The van der Waals surface area contributed by atoms with Gasteiger partial charge in [0.05, 0.1) is 11.1 Å². The van der Waals surface area contributed by atoms with Crippen molar-refractivity contribution in [3.05, 3.63) is 17.5 Å². The van der Waals surface area contributed by atoms with E-state index in [0.717, 1.165) is 12.1 Å². The zero-order valence-electron chi connectivity index (χ0n) is 15.3. The number of hydrogen-bond donors (Lipinski definition) is 2. The number of aromatic nitrogens is 2. The Morgan fingerprint density at radius 2 is 2.04 bits per heavy atom. The summed E-state index contributed by atoms with van der Waals surface area (Å²) in [6.45, 7) is 12.3. The van der Waals surface area contributed by atoms with Gasteiger partial charge in [0.1, 0.15) is 5.69 Å². The Bertz CT molecular complexity index is 565. The molecule has 2 unspecified atom stereocenters. The van der Waals surface area contributed by atoms with Crippen LogP contribution in [0, 0.1) is 5.92 Å². The van der Waals surface area contributed by atoms with Crippen LogP contribution in [-0.4, -0.2) is 32.9 Å². The van der Waals surface area contributed by atoms with Crippen molar-refractivity contribution >= 4 is 5.91 Å². The Morgan fingerprint density at radius 3 is 2.52 bits per heavy atom. The number of aliphatic hydroxyl groups is 1. The van der Waals surface area contributed by atoms with E-state index in [1.807, 2.05) is 24.6 Å². The van der Waals surface area contributed by atoms with E-state index in [0.29, 0.717) is 11.6 Å². The van der Waals surface area contributed by atoms with Crippen molar-refractivity contribution in [1.82, 2.24) is 15.1 Å². The topological polar surface area (TPSA) is 67.2 Å². The molecular formula is C18H31N3O2. The van der Waals surface area contributed by atoms with Crippen molar-refractivity contribution < 1.29 is 9.90 Å². The maximum atomic E-state index is 12.4. The van der Waals surface area contributed by atoms with Crippen LogP contribution in [0.3, 0.4) is 0 Å². The summed E-state index contributed by atoms with van der Waals surface area (Å²) in [5.41, 5.74) is 0.549. The molecule has 0 saturated heterocycles. The number of nitrogens with one attached hydrogen (secondary N) is 1. The highest BCUT2D eigenvalue weighted by Gasteiger charge is 2.33. The van der Waals surface area contributed by atoms with E-state index in [-0.39, 0.29) is 23.9 Å². The van der Waals surface area contributed by atoms with E-state index >= 15 is 0 Å². The van der Waals surface area contributed by atoms with Gasteiger partial charge < -0.3 is 10.4 Å². The second-order valence-corrected chi connectivity index (χ2v) is 8.16. The van der Waals surface area contributed by atoms with E-state index < -0.39 is 5.60 Å². The molecule has 1 amide bonds. The van der Waals surface area contributed by atoms with Gasteiger partial charge in [-0.3, -0.25) is 9.48 Å². The fraction of sp³-hybridized carbons (Fsp3) is 0.778. The van der Waals surface area contributed by atoms with Crippen LogP contribution in [0.2, 0.25) is 0 Å². The molecule has 2 atom stereocenters. The van der Waals surface area contributed by atoms with Crippen molar-refractivity contribution in [2.45, 2.75) is 77.9 Å². The van der Waals surface area contributed by atoms with Crippen LogP contribution in [0.15, 0.2) is 6.07 Å². The van der Waals surface area contributed by atoms with Crippen LogP contribution in [0.25, 0.3) is 0 Å². The van der Waals surface area contributed by atoms with Gasteiger partial charge in [0.25, 0.3) is 5.91 Å².